The number of aryl methyl sites for hydroxylation is 1. The summed E-state index contributed by atoms with van der Waals surface area (Å²) in [6, 6.07) is 6.91. The van der Waals surface area contributed by atoms with Gasteiger partial charge in [-0.25, -0.2) is 17.6 Å². The summed E-state index contributed by atoms with van der Waals surface area (Å²) in [5.41, 5.74) is 0.149. The Kier molecular flexibility index (Phi) is 3.74. The van der Waals surface area contributed by atoms with E-state index in [2.05, 4.69) is 5.32 Å². The summed E-state index contributed by atoms with van der Waals surface area (Å²) in [6.45, 7) is 1.69. The molecule has 1 amide bonds. The smallest absolute Gasteiger partial charge is 0.258 e. The second kappa shape index (κ2) is 5.32. The first-order valence-corrected chi connectivity index (χ1v) is 5.61. The molecule has 0 aliphatic heterocycles. The zero-order chi connectivity index (χ0) is 14.9. The number of anilines is 1. The van der Waals surface area contributed by atoms with Crippen LogP contribution in [0.3, 0.4) is 0 Å². The fourth-order valence-corrected chi connectivity index (χ4v) is 1.64. The van der Waals surface area contributed by atoms with Gasteiger partial charge in [0.2, 0.25) is 0 Å². The van der Waals surface area contributed by atoms with Crippen LogP contribution < -0.4 is 5.32 Å². The molecule has 6 heteroatoms. The molecule has 0 bridgehead atoms. The number of nitrogens with one attached hydrogen (secondary N) is 1. The van der Waals surface area contributed by atoms with Crippen LogP contribution in [0.15, 0.2) is 30.3 Å². The van der Waals surface area contributed by atoms with E-state index in [1.165, 1.54) is 0 Å². The van der Waals surface area contributed by atoms with Crippen LogP contribution in [0.2, 0.25) is 0 Å². The molecular weight excluding hydrogens is 274 g/mol. The lowest BCUT2D eigenvalue weighted by atomic mass is 10.1. The summed E-state index contributed by atoms with van der Waals surface area (Å²) in [5.74, 6) is -8.38. The van der Waals surface area contributed by atoms with Gasteiger partial charge >= 0.3 is 0 Å². The quantitative estimate of drug-likeness (QED) is 0.507. The molecule has 104 valence electrons. The Morgan fingerprint density at radius 3 is 2.30 bits per heavy atom. The standard InChI is InChI=1S/C14H9F4NO/c1-7-4-2-3-5-10(7)19-14(20)8-6-9(15)12(17)13(18)11(8)16/h2-6H,1H3,(H,19,20). The van der Waals surface area contributed by atoms with Gasteiger partial charge in [-0.3, -0.25) is 4.79 Å². The highest BCUT2D eigenvalue weighted by molar-refractivity contribution is 6.04. The van der Waals surface area contributed by atoms with Crippen LogP contribution in [0, 0.1) is 30.2 Å². The molecule has 2 rings (SSSR count). The number of hydrogen-bond acceptors (Lipinski definition) is 1. The third-order valence-electron chi connectivity index (χ3n) is 2.74. The second-order valence-electron chi connectivity index (χ2n) is 4.12. The number of benzene rings is 2. The predicted octanol–water partition coefficient (Wildman–Crippen LogP) is 3.80. The van der Waals surface area contributed by atoms with Crippen LogP contribution in [0.5, 0.6) is 0 Å². The van der Waals surface area contributed by atoms with E-state index in [1.54, 1.807) is 31.2 Å². The first-order valence-electron chi connectivity index (χ1n) is 5.61. The molecule has 0 aliphatic rings. The Balaban J connectivity index is 2.38. The fraction of sp³-hybridized carbons (Fsp3) is 0.0714. The van der Waals surface area contributed by atoms with Gasteiger partial charge in [0.15, 0.2) is 23.3 Å². The Bertz CT molecular complexity index is 685. The molecule has 2 aromatic rings. The number of para-hydroxylation sites is 1. The summed E-state index contributed by atoms with van der Waals surface area (Å²) in [7, 11) is 0. The molecule has 2 aromatic carbocycles. The maximum absolute atomic E-state index is 13.5. The van der Waals surface area contributed by atoms with E-state index < -0.39 is 34.7 Å². The Morgan fingerprint density at radius 2 is 1.65 bits per heavy atom. The Hall–Kier alpha value is -2.37. The predicted molar refractivity (Wildman–Crippen MR) is 65.4 cm³/mol. The first-order chi connectivity index (χ1) is 9.41. The molecule has 0 saturated heterocycles. The number of halogens is 4. The van der Waals surface area contributed by atoms with Crippen molar-refractivity contribution in [3.05, 3.63) is 64.7 Å². The van der Waals surface area contributed by atoms with E-state index in [0.29, 0.717) is 17.3 Å². The third kappa shape index (κ3) is 2.49. The fourth-order valence-electron chi connectivity index (χ4n) is 1.64. The zero-order valence-electron chi connectivity index (χ0n) is 10.3. The van der Waals surface area contributed by atoms with Gasteiger partial charge in [-0.05, 0) is 24.6 Å². The first kappa shape index (κ1) is 14.0. The normalized spacial score (nSPS) is 10.4. The van der Waals surface area contributed by atoms with Crippen LogP contribution in [-0.2, 0) is 0 Å². The summed E-state index contributed by atoms with van der Waals surface area (Å²) >= 11 is 0. The van der Waals surface area contributed by atoms with Gasteiger partial charge in [0.05, 0.1) is 5.56 Å². The SMILES string of the molecule is Cc1ccccc1NC(=O)c1cc(F)c(F)c(F)c1F. The highest BCUT2D eigenvalue weighted by Gasteiger charge is 2.23. The van der Waals surface area contributed by atoms with E-state index >= 15 is 0 Å². The number of hydrogen-bond donors (Lipinski definition) is 1. The van der Waals surface area contributed by atoms with Gasteiger partial charge in [-0.2, -0.15) is 0 Å². The van der Waals surface area contributed by atoms with Crippen LogP contribution in [-0.4, -0.2) is 5.91 Å². The van der Waals surface area contributed by atoms with Crippen molar-refractivity contribution in [1.29, 1.82) is 0 Å². The molecule has 0 atom stereocenters. The molecule has 0 fully saturated rings. The number of carbonyl (C=O) groups is 1. The van der Waals surface area contributed by atoms with Crippen LogP contribution in [0.4, 0.5) is 23.2 Å². The highest BCUT2D eigenvalue weighted by Crippen LogP contribution is 2.21. The van der Waals surface area contributed by atoms with Crippen molar-refractivity contribution in [1.82, 2.24) is 0 Å². The minimum absolute atomic E-state index is 0.321. The van der Waals surface area contributed by atoms with Crippen LogP contribution in [0.1, 0.15) is 15.9 Å². The Morgan fingerprint density at radius 1 is 1.00 bits per heavy atom. The molecule has 0 spiro atoms. The monoisotopic (exact) mass is 283 g/mol. The van der Waals surface area contributed by atoms with Gasteiger partial charge in [-0.15, -0.1) is 0 Å². The molecule has 0 radical (unpaired) electrons. The summed E-state index contributed by atoms with van der Waals surface area (Å²) in [4.78, 5) is 11.8. The van der Waals surface area contributed by atoms with Crippen LogP contribution in [0.25, 0.3) is 0 Å². The maximum Gasteiger partial charge on any atom is 0.258 e. The minimum Gasteiger partial charge on any atom is -0.322 e. The molecule has 0 heterocycles. The largest absolute Gasteiger partial charge is 0.322 e. The van der Waals surface area contributed by atoms with E-state index in [0.717, 1.165) is 0 Å². The molecule has 0 saturated carbocycles. The molecule has 20 heavy (non-hydrogen) atoms. The minimum atomic E-state index is -2.01. The van der Waals surface area contributed by atoms with Crippen molar-refractivity contribution in [2.45, 2.75) is 6.92 Å². The van der Waals surface area contributed by atoms with Gasteiger partial charge in [0.1, 0.15) is 0 Å². The third-order valence-corrected chi connectivity index (χ3v) is 2.74. The van der Waals surface area contributed by atoms with E-state index in [-0.39, 0.29) is 0 Å². The second-order valence-corrected chi connectivity index (χ2v) is 4.12. The summed E-state index contributed by atoms with van der Waals surface area (Å²) in [5, 5.41) is 2.31. The molecule has 2 nitrogen and oxygen atoms in total. The lowest BCUT2D eigenvalue weighted by Gasteiger charge is -2.09. The van der Waals surface area contributed by atoms with Crippen LogP contribution >= 0.6 is 0 Å². The van der Waals surface area contributed by atoms with Crippen molar-refractivity contribution in [2.24, 2.45) is 0 Å². The highest BCUT2D eigenvalue weighted by atomic mass is 19.2. The molecule has 0 aliphatic carbocycles. The number of carbonyl (C=O) groups excluding carboxylic acids is 1. The van der Waals surface area contributed by atoms with Crippen molar-refractivity contribution in [3.8, 4) is 0 Å². The topological polar surface area (TPSA) is 29.1 Å². The number of rotatable bonds is 2. The van der Waals surface area contributed by atoms with Gasteiger partial charge < -0.3 is 5.32 Å². The molecule has 0 aromatic heterocycles. The summed E-state index contributed by atoms with van der Waals surface area (Å²) in [6.07, 6.45) is 0. The van der Waals surface area contributed by atoms with Crippen molar-refractivity contribution >= 4 is 11.6 Å². The van der Waals surface area contributed by atoms with E-state index in [9.17, 15) is 22.4 Å². The lowest BCUT2D eigenvalue weighted by molar-refractivity contribution is 0.102. The maximum atomic E-state index is 13.5. The van der Waals surface area contributed by atoms with Crippen molar-refractivity contribution < 1.29 is 22.4 Å². The molecule has 0 unspecified atom stereocenters. The van der Waals surface area contributed by atoms with Gasteiger partial charge in [-0.1, -0.05) is 18.2 Å². The van der Waals surface area contributed by atoms with Gasteiger partial charge in [0, 0.05) is 5.69 Å². The average Bonchev–Trinajstić information content (AvgIpc) is 2.43. The van der Waals surface area contributed by atoms with Crippen molar-refractivity contribution in [2.75, 3.05) is 5.32 Å². The van der Waals surface area contributed by atoms with Gasteiger partial charge in [0.25, 0.3) is 5.91 Å². The van der Waals surface area contributed by atoms with E-state index in [1.807, 2.05) is 0 Å². The average molecular weight is 283 g/mol. The van der Waals surface area contributed by atoms with E-state index in [4.69, 9.17) is 0 Å². The Labute approximate surface area is 112 Å². The zero-order valence-corrected chi connectivity index (χ0v) is 10.3. The molecule has 1 N–H and O–H groups in total. The van der Waals surface area contributed by atoms with Crippen molar-refractivity contribution in [3.63, 3.8) is 0 Å². The summed E-state index contributed by atoms with van der Waals surface area (Å²) < 4.78 is 52.4. The lowest BCUT2D eigenvalue weighted by Crippen LogP contribution is -2.16. The molecular formula is C14H9F4NO. The number of amides is 1.